The van der Waals surface area contributed by atoms with Gasteiger partial charge in [0.1, 0.15) is 6.10 Å². The van der Waals surface area contributed by atoms with Crippen LogP contribution >= 0.6 is 0 Å². The molecule has 1 fully saturated rings. The first-order chi connectivity index (χ1) is 5.15. The van der Waals surface area contributed by atoms with E-state index in [1.807, 2.05) is 0 Å². The lowest BCUT2D eigenvalue weighted by molar-refractivity contribution is -0.231. The molecule has 1 saturated heterocycles. The van der Waals surface area contributed by atoms with E-state index in [9.17, 15) is 5.11 Å². The summed E-state index contributed by atoms with van der Waals surface area (Å²) >= 11 is 0. The highest BCUT2D eigenvalue weighted by Crippen LogP contribution is 2.20. The van der Waals surface area contributed by atoms with Gasteiger partial charge in [-0.1, -0.05) is 0 Å². The first-order valence-electron chi connectivity index (χ1n) is 3.69. The number of rotatable bonds is 1. The van der Waals surface area contributed by atoms with Crippen LogP contribution in [-0.4, -0.2) is 41.9 Å². The molecular formula is C7H14O4. The summed E-state index contributed by atoms with van der Waals surface area (Å²) in [6.45, 7) is 1.71. The Morgan fingerprint density at radius 1 is 1.45 bits per heavy atom. The Morgan fingerprint density at radius 3 is 2.64 bits per heavy atom. The van der Waals surface area contributed by atoms with Gasteiger partial charge >= 0.3 is 0 Å². The molecule has 0 unspecified atom stereocenters. The van der Waals surface area contributed by atoms with Gasteiger partial charge in [-0.05, 0) is 6.92 Å². The van der Waals surface area contributed by atoms with E-state index < -0.39 is 12.4 Å². The molecule has 1 rings (SSSR count). The van der Waals surface area contributed by atoms with Crippen molar-refractivity contribution >= 4 is 0 Å². The van der Waals surface area contributed by atoms with Crippen LogP contribution in [0.1, 0.15) is 13.3 Å². The molecule has 1 heterocycles. The maximum absolute atomic E-state index is 9.39. The van der Waals surface area contributed by atoms with E-state index in [0.29, 0.717) is 6.42 Å². The highest BCUT2D eigenvalue weighted by atomic mass is 16.6. The SMILES string of the molecule is CO[C@H]1C[C@@H](O)O[C@@H](C)[C@H]1O. The van der Waals surface area contributed by atoms with Crippen LogP contribution in [0.4, 0.5) is 0 Å². The average molecular weight is 162 g/mol. The molecule has 0 aromatic carbocycles. The number of aliphatic hydroxyl groups excluding tert-OH is 2. The number of hydrogen-bond acceptors (Lipinski definition) is 4. The van der Waals surface area contributed by atoms with Gasteiger partial charge in [-0.3, -0.25) is 0 Å². The molecule has 1 aliphatic rings. The van der Waals surface area contributed by atoms with E-state index in [1.165, 1.54) is 7.11 Å². The van der Waals surface area contributed by atoms with Crippen LogP contribution in [-0.2, 0) is 9.47 Å². The highest BCUT2D eigenvalue weighted by Gasteiger charge is 2.34. The molecule has 0 saturated carbocycles. The Labute approximate surface area is 65.7 Å². The van der Waals surface area contributed by atoms with E-state index in [2.05, 4.69) is 0 Å². The smallest absolute Gasteiger partial charge is 0.157 e. The summed E-state index contributed by atoms with van der Waals surface area (Å²) < 4.78 is 9.91. The molecule has 0 radical (unpaired) electrons. The topological polar surface area (TPSA) is 58.9 Å². The number of ether oxygens (including phenoxy) is 2. The maximum atomic E-state index is 9.39. The quantitative estimate of drug-likeness (QED) is 0.545. The minimum Gasteiger partial charge on any atom is -0.388 e. The third-order valence-corrected chi connectivity index (χ3v) is 1.97. The summed E-state index contributed by atoms with van der Waals surface area (Å²) in [6.07, 6.45) is -1.78. The minimum absolute atomic E-state index is 0.311. The van der Waals surface area contributed by atoms with Gasteiger partial charge in [0.15, 0.2) is 6.29 Å². The highest BCUT2D eigenvalue weighted by molar-refractivity contribution is 4.80. The predicted octanol–water partition coefficient (Wildman–Crippen LogP) is -0.510. The Bertz CT molecular complexity index is 128. The van der Waals surface area contributed by atoms with Crippen LogP contribution in [0.5, 0.6) is 0 Å². The van der Waals surface area contributed by atoms with E-state index in [1.54, 1.807) is 6.92 Å². The molecule has 1 aliphatic heterocycles. The van der Waals surface area contributed by atoms with Crippen LogP contribution in [0, 0.1) is 0 Å². The first-order valence-corrected chi connectivity index (χ1v) is 3.69. The lowest BCUT2D eigenvalue weighted by atomic mass is 10.0. The molecule has 4 heteroatoms. The molecule has 0 aromatic rings. The van der Waals surface area contributed by atoms with E-state index in [0.717, 1.165) is 0 Å². The van der Waals surface area contributed by atoms with Crippen molar-refractivity contribution in [2.24, 2.45) is 0 Å². The monoisotopic (exact) mass is 162 g/mol. The largest absolute Gasteiger partial charge is 0.388 e. The van der Waals surface area contributed by atoms with Gasteiger partial charge in [-0.15, -0.1) is 0 Å². The van der Waals surface area contributed by atoms with Crippen molar-refractivity contribution in [2.75, 3.05) is 7.11 Å². The van der Waals surface area contributed by atoms with Gasteiger partial charge in [0.2, 0.25) is 0 Å². The van der Waals surface area contributed by atoms with Crippen LogP contribution in [0.2, 0.25) is 0 Å². The summed E-state index contributed by atoms with van der Waals surface area (Å²) in [5, 5.41) is 18.5. The van der Waals surface area contributed by atoms with Crippen LogP contribution in [0.15, 0.2) is 0 Å². The molecule has 2 N–H and O–H groups in total. The van der Waals surface area contributed by atoms with Crippen molar-refractivity contribution < 1.29 is 19.7 Å². The second-order valence-electron chi connectivity index (χ2n) is 2.80. The molecule has 0 amide bonds. The fourth-order valence-electron chi connectivity index (χ4n) is 1.26. The summed E-state index contributed by atoms with van der Waals surface area (Å²) in [5.41, 5.74) is 0. The molecule has 0 spiro atoms. The van der Waals surface area contributed by atoms with Gasteiger partial charge in [0.05, 0.1) is 12.2 Å². The zero-order valence-electron chi connectivity index (χ0n) is 6.73. The fraction of sp³-hybridized carbons (Fsp3) is 1.00. The average Bonchev–Trinajstić information content (AvgIpc) is 1.96. The standard InChI is InChI=1S/C7H14O4/c1-4-7(9)5(10-2)3-6(8)11-4/h4-9H,3H2,1-2H3/t4-,5-,6-,7+/m0/s1. The van der Waals surface area contributed by atoms with Crippen LogP contribution in [0.25, 0.3) is 0 Å². The Balaban J connectivity index is 2.51. The van der Waals surface area contributed by atoms with Crippen molar-refractivity contribution in [3.63, 3.8) is 0 Å². The van der Waals surface area contributed by atoms with Crippen molar-refractivity contribution in [3.05, 3.63) is 0 Å². The first kappa shape index (κ1) is 8.93. The van der Waals surface area contributed by atoms with E-state index in [4.69, 9.17) is 14.6 Å². The lowest BCUT2D eigenvalue weighted by Crippen LogP contribution is -2.47. The van der Waals surface area contributed by atoms with Crippen molar-refractivity contribution in [3.8, 4) is 0 Å². The summed E-state index contributed by atoms with van der Waals surface area (Å²) in [5.74, 6) is 0. The van der Waals surface area contributed by atoms with Gasteiger partial charge in [-0.25, -0.2) is 0 Å². The van der Waals surface area contributed by atoms with Gasteiger partial charge in [0.25, 0.3) is 0 Å². The molecule has 4 atom stereocenters. The molecule has 11 heavy (non-hydrogen) atoms. The second kappa shape index (κ2) is 3.49. The molecule has 0 bridgehead atoms. The predicted molar refractivity (Wildman–Crippen MR) is 38.0 cm³/mol. The summed E-state index contributed by atoms with van der Waals surface area (Å²) in [4.78, 5) is 0. The number of aliphatic hydroxyl groups is 2. The molecular weight excluding hydrogens is 148 g/mol. The van der Waals surface area contributed by atoms with Crippen molar-refractivity contribution in [1.29, 1.82) is 0 Å². The minimum atomic E-state index is -0.807. The zero-order chi connectivity index (χ0) is 8.43. The lowest BCUT2D eigenvalue weighted by Gasteiger charge is -2.34. The van der Waals surface area contributed by atoms with Crippen LogP contribution in [0.3, 0.4) is 0 Å². The third-order valence-electron chi connectivity index (χ3n) is 1.97. The van der Waals surface area contributed by atoms with E-state index >= 15 is 0 Å². The normalized spacial score (nSPS) is 45.8. The zero-order valence-corrected chi connectivity index (χ0v) is 6.73. The summed E-state index contributed by atoms with van der Waals surface area (Å²) in [7, 11) is 1.51. The van der Waals surface area contributed by atoms with Gasteiger partial charge < -0.3 is 19.7 Å². The molecule has 4 nitrogen and oxygen atoms in total. The Hall–Kier alpha value is -0.160. The number of hydrogen-bond donors (Lipinski definition) is 2. The summed E-state index contributed by atoms with van der Waals surface area (Å²) in [6, 6.07) is 0. The molecule has 0 aromatic heterocycles. The van der Waals surface area contributed by atoms with Crippen molar-refractivity contribution in [2.45, 2.75) is 37.9 Å². The number of methoxy groups -OCH3 is 1. The second-order valence-corrected chi connectivity index (χ2v) is 2.80. The Kier molecular flexibility index (Phi) is 2.84. The van der Waals surface area contributed by atoms with Crippen molar-refractivity contribution in [1.82, 2.24) is 0 Å². The third kappa shape index (κ3) is 1.90. The molecule has 0 aliphatic carbocycles. The van der Waals surface area contributed by atoms with Crippen LogP contribution < -0.4 is 0 Å². The van der Waals surface area contributed by atoms with Gasteiger partial charge in [-0.2, -0.15) is 0 Å². The van der Waals surface area contributed by atoms with E-state index in [-0.39, 0.29) is 12.2 Å². The maximum Gasteiger partial charge on any atom is 0.157 e. The molecule has 66 valence electrons. The fourth-order valence-corrected chi connectivity index (χ4v) is 1.26. The Morgan fingerprint density at radius 2 is 2.09 bits per heavy atom. The van der Waals surface area contributed by atoms with Gasteiger partial charge in [0, 0.05) is 13.5 Å².